The topological polar surface area (TPSA) is 29.1 Å². The van der Waals surface area contributed by atoms with E-state index in [2.05, 4.69) is 37.2 Å². The third-order valence-electron chi connectivity index (χ3n) is 3.68. The van der Waals surface area contributed by atoms with Crippen molar-refractivity contribution in [1.82, 2.24) is 5.32 Å². The molecule has 1 aliphatic rings. The van der Waals surface area contributed by atoms with Crippen LogP contribution in [0.25, 0.3) is 0 Å². The van der Waals surface area contributed by atoms with Gasteiger partial charge in [-0.1, -0.05) is 51.1 Å². The third kappa shape index (κ3) is 4.06. The molecule has 0 aromatic heterocycles. The van der Waals surface area contributed by atoms with E-state index in [1.54, 1.807) is 0 Å². The van der Waals surface area contributed by atoms with E-state index in [4.69, 9.17) is 0 Å². The Hall–Kier alpha value is -0.350. The van der Waals surface area contributed by atoms with Crippen molar-refractivity contribution < 1.29 is 4.79 Å². The van der Waals surface area contributed by atoms with E-state index < -0.39 is 0 Å². The molecule has 2 rings (SSSR count). The van der Waals surface area contributed by atoms with Gasteiger partial charge in [-0.15, -0.1) is 0 Å². The second kappa shape index (κ2) is 6.89. The van der Waals surface area contributed by atoms with Crippen LogP contribution in [0.4, 0.5) is 0 Å². The summed E-state index contributed by atoms with van der Waals surface area (Å²) in [7, 11) is 0. The van der Waals surface area contributed by atoms with E-state index in [0.29, 0.717) is 4.83 Å². The maximum atomic E-state index is 12.4. The zero-order valence-electron chi connectivity index (χ0n) is 11.1. The first kappa shape index (κ1) is 15.0. The quantitative estimate of drug-likeness (QED) is 0.582. The van der Waals surface area contributed by atoms with E-state index in [9.17, 15) is 4.79 Å². The average Bonchev–Trinajstić information content (AvgIpc) is 2.55. The van der Waals surface area contributed by atoms with Gasteiger partial charge in [0, 0.05) is 20.9 Å². The second-order valence-electron chi connectivity index (χ2n) is 5.19. The molecule has 0 radical (unpaired) electrons. The summed E-state index contributed by atoms with van der Waals surface area (Å²) >= 11 is 7.14. The highest BCUT2D eigenvalue weighted by Crippen LogP contribution is 2.24. The number of benzene rings is 1. The molecule has 0 saturated heterocycles. The normalized spacial score (nSPS) is 23.7. The summed E-state index contributed by atoms with van der Waals surface area (Å²) in [5.41, 5.74) is 1.78. The van der Waals surface area contributed by atoms with Crippen molar-refractivity contribution >= 4 is 37.8 Å². The molecular formula is C15H19Br2NO. The number of rotatable bonds is 2. The Kier molecular flexibility index (Phi) is 5.46. The minimum atomic E-state index is 0.0429. The zero-order valence-corrected chi connectivity index (χ0v) is 14.3. The number of nitrogens with one attached hydrogen (secondary N) is 1. The molecule has 19 heavy (non-hydrogen) atoms. The van der Waals surface area contributed by atoms with E-state index in [1.807, 2.05) is 25.1 Å². The molecule has 4 heteroatoms. The Labute approximate surface area is 131 Å². The first-order chi connectivity index (χ1) is 9.08. The van der Waals surface area contributed by atoms with Crippen LogP contribution in [0.15, 0.2) is 22.7 Å². The van der Waals surface area contributed by atoms with Crippen LogP contribution in [-0.4, -0.2) is 16.8 Å². The number of halogens is 2. The molecule has 2 atom stereocenters. The summed E-state index contributed by atoms with van der Waals surface area (Å²) in [4.78, 5) is 12.8. The molecule has 1 aliphatic carbocycles. The van der Waals surface area contributed by atoms with Crippen LogP contribution in [-0.2, 0) is 0 Å². The van der Waals surface area contributed by atoms with Gasteiger partial charge in [0.25, 0.3) is 5.91 Å². The monoisotopic (exact) mass is 387 g/mol. The van der Waals surface area contributed by atoms with Crippen LogP contribution in [0.3, 0.4) is 0 Å². The largest absolute Gasteiger partial charge is 0.348 e. The fourth-order valence-electron chi connectivity index (χ4n) is 2.55. The molecule has 2 unspecified atom stereocenters. The summed E-state index contributed by atoms with van der Waals surface area (Å²) < 4.78 is 1.01. The molecule has 1 fully saturated rings. The molecular weight excluding hydrogens is 370 g/mol. The van der Waals surface area contributed by atoms with Crippen molar-refractivity contribution in [2.24, 2.45) is 0 Å². The van der Waals surface area contributed by atoms with Crippen LogP contribution < -0.4 is 5.32 Å². The molecule has 0 spiro atoms. The lowest BCUT2D eigenvalue weighted by molar-refractivity contribution is 0.0934. The van der Waals surface area contributed by atoms with Gasteiger partial charge < -0.3 is 5.32 Å². The van der Waals surface area contributed by atoms with E-state index in [-0.39, 0.29) is 11.9 Å². The average molecular weight is 389 g/mol. The van der Waals surface area contributed by atoms with Gasteiger partial charge in [0.15, 0.2) is 0 Å². The molecule has 2 nitrogen and oxygen atoms in total. The Morgan fingerprint density at radius 3 is 2.74 bits per heavy atom. The van der Waals surface area contributed by atoms with Crippen LogP contribution in [0.1, 0.15) is 48.0 Å². The van der Waals surface area contributed by atoms with Gasteiger partial charge in [0.2, 0.25) is 0 Å². The summed E-state index contributed by atoms with van der Waals surface area (Å²) in [6.07, 6.45) is 5.93. The molecule has 0 aliphatic heterocycles. The first-order valence-corrected chi connectivity index (χ1v) is 8.50. The summed E-state index contributed by atoms with van der Waals surface area (Å²) in [6, 6.07) is 6.03. The van der Waals surface area contributed by atoms with E-state index in [1.165, 1.54) is 19.3 Å². The van der Waals surface area contributed by atoms with Gasteiger partial charge in [-0.05, 0) is 43.5 Å². The number of aryl methyl sites for hydroxylation is 1. The summed E-state index contributed by atoms with van der Waals surface area (Å²) in [5.74, 6) is 0.0429. The molecule has 1 saturated carbocycles. The lowest BCUT2D eigenvalue weighted by Gasteiger charge is -2.22. The number of hydrogen-bond donors (Lipinski definition) is 1. The van der Waals surface area contributed by atoms with Gasteiger partial charge in [0.05, 0.1) is 0 Å². The van der Waals surface area contributed by atoms with Crippen LogP contribution >= 0.6 is 31.9 Å². The Morgan fingerprint density at radius 1 is 1.26 bits per heavy atom. The minimum absolute atomic E-state index is 0.0429. The predicted molar refractivity (Wildman–Crippen MR) is 85.9 cm³/mol. The van der Waals surface area contributed by atoms with E-state index >= 15 is 0 Å². The smallest absolute Gasteiger partial charge is 0.251 e. The number of amides is 1. The number of carbonyl (C=O) groups excluding carboxylic acids is 1. The summed E-state index contributed by atoms with van der Waals surface area (Å²) in [6.45, 7) is 1.97. The first-order valence-electron chi connectivity index (χ1n) is 6.79. The number of carbonyl (C=O) groups is 1. The molecule has 0 bridgehead atoms. The van der Waals surface area contributed by atoms with Gasteiger partial charge in [-0.2, -0.15) is 0 Å². The highest BCUT2D eigenvalue weighted by atomic mass is 79.9. The molecule has 0 heterocycles. The predicted octanol–water partition coefficient (Wildman–Crippen LogP) is 4.58. The lowest BCUT2D eigenvalue weighted by Crippen LogP contribution is -2.40. The Morgan fingerprint density at radius 2 is 2.00 bits per heavy atom. The van der Waals surface area contributed by atoms with Crippen molar-refractivity contribution in [3.05, 3.63) is 33.8 Å². The molecule has 1 aromatic carbocycles. The SMILES string of the molecule is Cc1cc(Br)ccc1C(=O)NC1CCCCCC1Br. The van der Waals surface area contributed by atoms with Gasteiger partial charge in [-0.25, -0.2) is 0 Å². The highest BCUT2D eigenvalue weighted by molar-refractivity contribution is 9.10. The maximum absolute atomic E-state index is 12.4. The second-order valence-corrected chi connectivity index (χ2v) is 7.29. The van der Waals surface area contributed by atoms with Gasteiger partial charge in [-0.3, -0.25) is 4.79 Å². The van der Waals surface area contributed by atoms with Crippen molar-refractivity contribution in [2.75, 3.05) is 0 Å². The fraction of sp³-hybridized carbons (Fsp3) is 0.533. The highest BCUT2D eigenvalue weighted by Gasteiger charge is 2.23. The van der Waals surface area contributed by atoms with Crippen LogP contribution in [0, 0.1) is 6.92 Å². The van der Waals surface area contributed by atoms with Crippen molar-refractivity contribution in [3.63, 3.8) is 0 Å². The Balaban J connectivity index is 2.07. The lowest BCUT2D eigenvalue weighted by atomic mass is 10.1. The zero-order chi connectivity index (χ0) is 13.8. The number of hydrogen-bond acceptors (Lipinski definition) is 1. The maximum Gasteiger partial charge on any atom is 0.251 e. The van der Waals surface area contributed by atoms with Gasteiger partial charge in [0.1, 0.15) is 0 Å². The minimum Gasteiger partial charge on any atom is -0.348 e. The van der Waals surface area contributed by atoms with Crippen molar-refractivity contribution in [2.45, 2.75) is 49.9 Å². The van der Waals surface area contributed by atoms with Crippen molar-refractivity contribution in [1.29, 1.82) is 0 Å². The summed E-state index contributed by atoms with van der Waals surface area (Å²) in [5, 5.41) is 3.18. The standard InChI is InChI=1S/C15H19Br2NO/c1-10-9-11(16)7-8-12(10)15(19)18-14-6-4-2-3-5-13(14)17/h7-9,13-14H,2-6H2,1H3,(H,18,19). The molecule has 1 aromatic rings. The molecule has 1 N–H and O–H groups in total. The van der Waals surface area contributed by atoms with E-state index in [0.717, 1.165) is 28.4 Å². The number of alkyl halides is 1. The van der Waals surface area contributed by atoms with Crippen LogP contribution in [0.5, 0.6) is 0 Å². The molecule has 104 valence electrons. The fourth-order valence-corrected chi connectivity index (χ4v) is 3.75. The van der Waals surface area contributed by atoms with Crippen molar-refractivity contribution in [3.8, 4) is 0 Å². The van der Waals surface area contributed by atoms with Gasteiger partial charge >= 0.3 is 0 Å². The Bertz CT molecular complexity index is 461. The molecule has 1 amide bonds. The third-order valence-corrected chi connectivity index (χ3v) is 5.27. The van der Waals surface area contributed by atoms with Crippen LogP contribution in [0.2, 0.25) is 0 Å².